The van der Waals surface area contributed by atoms with Crippen LogP contribution in [0.25, 0.3) is 10.9 Å². The molecule has 2 heterocycles. The maximum absolute atomic E-state index is 9.49. The molecule has 2 aromatic heterocycles. The van der Waals surface area contributed by atoms with Crippen LogP contribution in [0.5, 0.6) is 0 Å². The van der Waals surface area contributed by atoms with Gasteiger partial charge in [-0.2, -0.15) is 0 Å². The molecule has 0 atom stereocenters. The predicted octanol–water partition coefficient (Wildman–Crippen LogP) is 3.27. The van der Waals surface area contributed by atoms with Gasteiger partial charge >= 0.3 is 0 Å². The van der Waals surface area contributed by atoms with Crippen molar-refractivity contribution >= 4 is 22.7 Å². The highest BCUT2D eigenvalue weighted by molar-refractivity contribution is 7.99. The van der Waals surface area contributed by atoms with Crippen LogP contribution in [0.15, 0.2) is 64.8 Å². The Morgan fingerprint density at radius 2 is 1.84 bits per heavy atom. The number of hydrogen-bond donors (Lipinski definition) is 1. The van der Waals surface area contributed by atoms with Crippen LogP contribution in [-0.2, 0) is 6.61 Å². The highest BCUT2D eigenvalue weighted by atomic mass is 32.2. The van der Waals surface area contributed by atoms with Crippen molar-refractivity contribution in [3.05, 3.63) is 60.4 Å². The highest BCUT2D eigenvalue weighted by Gasteiger charge is 2.07. The summed E-state index contributed by atoms with van der Waals surface area (Å²) in [6, 6.07) is 13.8. The molecular formula is C15H12N2OS. The predicted molar refractivity (Wildman–Crippen MR) is 76.0 cm³/mol. The largest absolute Gasteiger partial charge is 0.392 e. The summed E-state index contributed by atoms with van der Waals surface area (Å²) in [7, 11) is 0. The number of nitrogens with zero attached hydrogens (tertiary/aromatic N) is 2. The SMILES string of the molecule is OCc1cc2ccccc2nc1Sc1ccncc1. The number of pyridine rings is 2. The van der Waals surface area contributed by atoms with Crippen LogP contribution in [-0.4, -0.2) is 15.1 Å². The molecule has 0 saturated carbocycles. The van der Waals surface area contributed by atoms with Crippen molar-refractivity contribution < 1.29 is 5.11 Å². The number of aromatic nitrogens is 2. The van der Waals surface area contributed by atoms with E-state index >= 15 is 0 Å². The van der Waals surface area contributed by atoms with E-state index in [1.54, 1.807) is 24.2 Å². The first-order valence-electron chi connectivity index (χ1n) is 5.94. The second-order valence-electron chi connectivity index (χ2n) is 4.09. The van der Waals surface area contributed by atoms with Crippen molar-refractivity contribution in [1.29, 1.82) is 0 Å². The van der Waals surface area contributed by atoms with Crippen molar-refractivity contribution in [2.45, 2.75) is 16.5 Å². The Hall–Kier alpha value is -1.91. The van der Waals surface area contributed by atoms with Crippen LogP contribution in [0.1, 0.15) is 5.56 Å². The number of fused-ring (bicyclic) bond motifs is 1. The van der Waals surface area contributed by atoms with Crippen LogP contribution in [0.4, 0.5) is 0 Å². The molecule has 0 aliphatic carbocycles. The van der Waals surface area contributed by atoms with E-state index in [4.69, 9.17) is 0 Å². The summed E-state index contributed by atoms with van der Waals surface area (Å²) in [6.07, 6.45) is 3.50. The zero-order valence-corrected chi connectivity index (χ0v) is 11.0. The summed E-state index contributed by atoms with van der Waals surface area (Å²) < 4.78 is 0. The first-order chi connectivity index (χ1) is 9.36. The Labute approximate surface area is 115 Å². The van der Waals surface area contributed by atoms with E-state index in [9.17, 15) is 5.11 Å². The van der Waals surface area contributed by atoms with Crippen molar-refractivity contribution in [2.75, 3.05) is 0 Å². The topological polar surface area (TPSA) is 46.0 Å². The van der Waals surface area contributed by atoms with Gasteiger partial charge in [-0.15, -0.1) is 0 Å². The molecule has 1 aromatic carbocycles. The molecule has 0 saturated heterocycles. The van der Waals surface area contributed by atoms with E-state index < -0.39 is 0 Å². The average Bonchev–Trinajstić information content (AvgIpc) is 2.47. The van der Waals surface area contributed by atoms with E-state index in [0.29, 0.717) is 0 Å². The Bertz CT molecular complexity index is 701. The fourth-order valence-corrected chi connectivity index (χ4v) is 2.74. The molecule has 94 valence electrons. The zero-order valence-electron chi connectivity index (χ0n) is 10.2. The third kappa shape index (κ3) is 2.59. The third-order valence-electron chi connectivity index (χ3n) is 2.80. The Morgan fingerprint density at radius 3 is 2.63 bits per heavy atom. The number of para-hydroxylation sites is 1. The third-order valence-corrected chi connectivity index (χ3v) is 3.85. The first kappa shape index (κ1) is 12.1. The molecule has 0 bridgehead atoms. The lowest BCUT2D eigenvalue weighted by Gasteiger charge is -2.08. The second kappa shape index (κ2) is 5.38. The monoisotopic (exact) mass is 268 g/mol. The van der Waals surface area contributed by atoms with Gasteiger partial charge in [-0.25, -0.2) is 4.98 Å². The summed E-state index contributed by atoms with van der Waals surface area (Å²) in [6.45, 7) is -0.00868. The lowest BCUT2D eigenvalue weighted by Crippen LogP contribution is -1.92. The summed E-state index contributed by atoms with van der Waals surface area (Å²) in [5.41, 5.74) is 1.79. The van der Waals surface area contributed by atoms with Crippen molar-refractivity contribution in [3.8, 4) is 0 Å². The molecular weight excluding hydrogens is 256 g/mol. The average molecular weight is 268 g/mol. The summed E-state index contributed by atoms with van der Waals surface area (Å²) in [5.74, 6) is 0. The number of aliphatic hydroxyl groups excluding tert-OH is 1. The van der Waals surface area contributed by atoms with Gasteiger partial charge in [0.2, 0.25) is 0 Å². The normalized spacial score (nSPS) is 10.8. The number of rotatable bonds is 3. The molecule has 0 unspecified atom stereocenters. The van der Waals surface area contributed by atoms with Gasteiger partial charge in [0.1, 0.15) is 5.03 Å². The van der Waals surface area contributed by atoms with Crippen molar-refractivity contribution in [2.24, 2.45) is 0 Å². The molecule has 0 aliphatic rings. The second-order valence-corrected chi connectivity index (χ2v) is 5.15. The fourth-order valence-electron chi connectivity index (χ4n) is 1.86. The van der Waals surface area contributed by atoms with Gasteiger partial charge in [0.05, 0.1) is 12.1 Å². The lowest BCUT2D eigenvalue weighted by atomic mass is 10.2. The molecule has 0 fully saturated rings. The first-order valence-corrected chi connectivity index (χ1v) is 6.76. The number of benzene rings is 1. The van der Waals surface area contributed by atoms with E-state index in [1.165, 1.54) is 0 Å². The van der Waals surface area contributed by atoms with Crippen LogP contribution >= 0.6 is 11.8 Å². The van der Waals surface area contributed by atoms with E-state index in [1.807, 2.05) is 42.5 Å². The summed E-state index contributed by atoms with van der Waals surface area (Å²) in [5, 5.41) is 11.4. The molecule has 19 heavy (non-hydrogen) atoms. The molecule has 0 aliphatic heterocycles. The van der Waals surface area contributed by atoms with E-state index in [2.05, 4.69) is 9.97 Å². The van der Waals surface area contributed by atoms with Gasteiger partial charge in [-0.1, -0.05) is 30.0 Å². The van der Waals surface area contributed by atoms with Gasteiger partial charge in [0, 0.05) is 28.2 Å². The van der Waals surface area contributed by atoms with Crippen LogP contribution in [0.3, 0.4) is 0 Å². The van der Waals surface area contributed by atoms with Gasteiger partial charge < -0.3 is 5.11 Å². The summed E-state index contributed by atoms with van der Waals surface area (Å²) >= 11 is 1.54. The van der Waals surface area contributed by atoms with Crippen LogP contribution < -0.4 is 0 Å². The van der Waals surface area contributed by atoms with E-state index in [0.717, 1.165) is 26.4 Å². The number of aliphatic hydroxyl groups is 1. The van der Waals surface area contributed by atoms with Crippen LogP contribution in [0, 0.1) is 0 Å². The minimum absolute atomic E-state index is 0.00868. The molecule has 0 radical (unpaired) electrons. The minimum Gasteiger partial charge on any atom is -0.392 e. The summed E-state index contributed by atoms with van der Waals surface area (Å²) in [4.78, 5) is 9.68. The fraction of sp³-hybridized carbons (Fsp3) is 0.0667. The maximum Gasteiger partial charge on any atom is 0.107 e. The van der Waals surface area contributed by atoms with Gasteiger partial charge in [-0.05, 0) is 24.3 Å². The Morgan fingerprint density at radius 1 is 1.05 bits per heavy atom. The van der Waals surface area contributed by atoms with E-state index in [-0.39, 0.29) is 6.61 Å². The molecule has 1 N–H and O–H groups in total. The quantitative estimate of drug-likeness (QED) is 0.792. The maximum atomic E-state index is 9.49. The number of hydrogen-bond acceptors (Lipinski definition) is 4. The lowest BCUT2D eigenvalue weighted by molar-refractivity contribution is 0.278. The minimum atomic E-state index is -0.00868. The molecule has 0 spiro atoms. The molecule has 3 nitrogen and oxygen atoms in total. The standard InChI is InChI=1S/C15H12N2OS/c18-10-12-9-11-3-1-2-4-14(11)17-15(12)19-13-5-7-16-8-6-13/h1-9,18H,10H2. The smallest absolute Gasteiger partial charge is 0.107 e. The van der Waals surface area contributed by atoms with Crippen LogP contribution in [0.2, 0.25) is 0 Å². The molecule has 3 rings (SSSR count). The van der Waals surface area contributed by atoms with Gasteiger partial charge in [0.25, 0.3) is 0 Å². The Balaban J connectivity index is 2.06. The molecule has 4 heteroatoms. The van der Waals surface area contributed by atoms with Gasteiger partial charge in [-0.3, -0.25) is 4.98 Å². The van der Waals surface area contributed by atoms with Gasteiger partial charge in [0.15, 0.2) is 0 Å². The zero-order chi connectivity index (χ0) is 13.1. The van der Waals surface area contributed by atoms with Crippen molar-refractivity contribution in [1.82, 2.24) is 9.97 Å². The van der Waals surface area contributed by atoms with Crippen molar-refractivity contribution in [3.63, 3.8) is 0 Å². The molecule has 0 amide bonds. The molecule has 3 aromatic rings. The Kier molecular flexibility index (Phi) is 3.44. The highest BCUT2D eigenvalue weighted by Crippen LogP contribution is 2.30.